The first-order valence-corrected chi connectivity index (χ1v) is 11.7. The van der Waals surface area contributed by atoms with E-state index in [0.29, 0.717) is 11.1 Å². The van der Waals surface area contributed by atoms with Crippen molar-refractivity contribution in [2.45, 2.75) is 30.7 Å². The first-order valence-electron chi connectivity index (χ1n) is 11.7. The van der Waals surface area contributed by atoms with E-state index in [0.717, 1.165) is 5.06 Å². The minimum Gasteiger partial charge on any atom is -0.448 e. The summed E-state index contributed by atoms with van der Waals surface area (Å²) in [5, 5.41) is 3.29. The molecule has 1 aromatic heterocycles. The molecule has 2 aromatic carbocycles. The van der Waals surface area contributed by atoms with Crippen LogP contribution in [0.2, 0.25) is 0 Å². The van der Waals surface area contributed by atoms with Crippen LogP contribution in [-0.2, 0) is 28.7 Å². The normalized spacial score (nSPS) is 21.1. The molecule has 10 heteroatoms. The SMILES string of the molecule is O=C1CCC(C(=O)OC(c2ccccc2)c2ccccc2)(N2OC[C@H](NC(=O)c3cccnc3)C2=O)O1. The van der Waals surface area contributed by atoms with E-state index in [1.165, 1.54) is 12.4 Å². The van der Waals surface area contributed by atoms with Gasteiger partial charge in [0.1, 0.15) is 12.6 Å². The summed E-state index contributed by atoms with van der Waals surface area (Å²) in [7, 11) is 0. The van der Waals surface area contributed by atoms with Crippen LogP contribution in [-0.4, -0.2) is 52.2 Å². The smallest absolute Gasteiger partial charge is 0.376 e. The number of cyclic esters (lactones) is 1. The first kappa shape index (κ1) is 24.1. The highest BCUT2D eigenvalue weighted by atomic mass is 16.8. The summed E-state index contributed by atoms with van der Waals surface area (Å²) in [6, 6.07) is 20.2. The molecule has 2 aliphatic rings. The van der Waals surface area contributed by atoms with Gasteiger partial charge in [-0.1, -0.05) is 60.7 Å². The second-order valence-corrected chi connectivity index (χ2v) is 8.56. The Morgan fingerprint density at radius 2 is 1.68 bits per heavy atom. The molecular weight excluding hydrogens is 478 g/mol. The van der Waals surface area contributed by atoms with Crippen molar-refractivity contribution in [3.63, 3.8) is 0 Å². The highest BCUT2D eigenvalue weighted by molar-refractivity contribution is 5.99. The number of carbonyl (C=O) groups excluding carboxylic acids is 4. The van der Waals surface area contributed by atoms with Crippen molar-refractivity contribution in [3.8, 4) is 0 Å². The van der Waals surface area contributed by atoms with E-state index in [9.17, 15) is 19.2 Å². The Morgan fingerprint density at radius 1 is 1.00 bits per heavy atom. The number of benzene rings is 2. The third-order valence-corrected chi connectivity index (χ3v) is 6.12. The number of carbonyl (C=O) groups is 4. The summed E-state index contributed by atoms with van der Waals surface area (Å²) in [5.74, 6) is -2.90. The second-order valence-electron chi connectivity index (χ2n) is 8.56. The molecule has 0 radical (unpaired) electrons. The third-order valence-electron chi connectivity index (χ3n) is 6.12. The monoisotopic (exact) mass is 501 g/mol. The van der Waals surface area contributed by atoms with Crippen LogP contribution in [0, 0.1) is 0 Å². The number of rotatable bonds is 7. The van der Waals surface area contributed by atoms with E-state index < -0.39 is 41.6 Å². The Balaban J connectivity index is 1.40. The highest BCUT2D eigenvalue weighted by Crippen LogP contribution is 2.37. The van der Waals surface area contributed by atoms with Crippen molar-refractivity contribution < 1.29 is 33.5 Å². The van der Waals surface area contributed by atoms with E-state index in [1.54, 1.807) is 36.4 Å². The highest BCUT2D eigenvalue weighted by Gasteiger charge is 2.60. The van der Waals surface area contributed by atoms with Crippen LogP contribution in [0.5, 0.6) is 0 Å². The molecule has 188 valence electrons. The van der Waals surface area contributed by atoms with Gasteiger partial charge in [0.2, 0.25) is 0 Å². The van der Waals surface area contributed by atoms with Crippen molar-refractivity contribution in [3.05, 3.63) is 102 Å². The van der Waals surface area contributed by atoms with Crippen molar-refractivity contribution in [1.82, 2.24) is 15.4 Å². The van der Waals surface area contributed by atoms with Crippen molar-refractivity contribution >= 4 is 23.8 Å². The first-order chi connectivity index (χ1) is 18.0. The topological polar surface area (TPSA) is 124 Å². The fourth-order valence-electron chi connectivity index (χ4n) is 4.26. The third kappa shape index (κ3) is 4.78. The maximum Gasteiger partial charge on any atom is 0.376 e. The minimum atomic E-state index is -2.12. The largest absolute Gasteiger partial charge is 0.448 e. The van der Waals surface area contributed by atoms with Gasteiger partial charge in [-0.05, 0) is 23.3 Å². The van der Waals surface area contributed by atoms with E-state index >= 15 is 0 Å². The lowest BCUT2D eigenvalue weighted by atomic mass is 10.0. The number of hydrogen-bond donors (Lipinski definition) is 1. The maximum atomic E-state index is 13.7. The summed E-state index contributed by atoms with van der Waals surface area (Å²) < 4.78 is 11.3. The van der Waals surface area contributed by atoms with Crippen LogP contribution < -0.4 is 5.32 Å². The predicted molar refractivity (Wildman–Crippen MR) is 127 cm³/mol. The molecule has 2 amide bonds. The molecule has 3 heterocycles. The van der Waals surface area contributed by atoms with E-state index in [4.69, 9.17) is 14.3 Å². The van der Waals surface area contributed by atoms with Gasteiger partial charge in [0.15, 0.2) is 6.10 Å². The summed E-state index contributed by atoms with van der Waals surface area (Å²) in [6.07, 6.45) is 1.78. The lowest BCUT2D eigenvalue weighted by molar-refractivity contribution is -0.260. The molecule has 5 rings (SSSR count). The van der Waals surface area contributed by atoms with Gasteiger partial charge in [0.25, 0.3) is 11.8 Å². The number of pyridine rings is 1. The molecule has 2 atom stereocenters. The maximum absolute atomic E-state index is 13.7. The lowest BCUT2D eigenvalue weighted by Crippen LogP contribution is -2.57. The van der Waals surface area contributed by atoms with E-state index in [-0.39, 0.29) is 25.0 Å². The summed E-state index contributed by atoms with van der Waals surface area (Å²) >= 11 is 0. The molecule has 1 unspecified atom stereocenters. The number of hydroxylamine groups is 2. The zero-order valence-corrected chi connectivity index (χ0v) is 19.6. The number of esters is 2. The zero-order valence-electron chi connectivity index (χ0n) is 19.6. The number of nitrogens with zero attached hydrogens (tertiary/aromatic N) is 2. The molecule has 0 spiro atoms. The molecule has 0 saturated carbocycles. The molecule has 2 aliphatic heterocycles. The quantitative estimate of drug-likeness (QED) is 0.489. The fraction of sp³-hybridized carbons (Fsp3) is 0.222. The Labute approximate surface area is 212 Å². The molecule has 3 aromatic rings. The van der Waals surface area contributed by atoms with E-state index in [1.807, 2.05) is 36.4 Å². The molecule has 2 fully saturated rings. The van der Waals surface area contributed by atoms with Crippen LogP contribution in [0.3, 0.4) is 0 Å². The van der Waals surface area contributed by atoms with Gasteiger partial charge in [0, 0.05) is 18.8 Å². The Bertz CT molecular complexity index is 1260. The second kappa shape index (κ2) is 10.2. The van der Waals surface area contributed by atoms with Crippen LogP contribution in [0.15, 0.2) is 85.2 Å². The minimum absolute atomic E-state index is 0.115. The summed E-state index contributed by atoms with van der Waals surface area (Å²) in [5.41, 5.74) is -0.485. The fourth-order valence-corrected chi connectivity index (χ4v) is 4.26. The van der Waals surface area contributed by atoms with Crippen molar-refractivity contribution in [2.75, 3.05) is 6.61 Å². The number of nitrogens with one attached hydrogen (secondary N) is 1. The molecule has 0 bridgehead atoms. The van der Waals surface area contributed by atoms with Gasteiger partial charge < -0.3 is 14.8 Å². The van der Waals surface area contributed by atoms with Gasteiger partial charge in [-0.2, -0.15) is 5.06 Å². The molecule has 10 nitrogen and oxygen atoms in total. The van der Waals surface area contributed by atoms with Gasteiger partial charge in [-0.25, -0.2) is 4.79 Å². The van der Waals surface area contributed by atoms with Gasteiger partial charge >= 0.3 is 17.7 Å². The summed E-state index contributed by atoms with van der Waals surface area (Å²) in [6.45, 7) is -0.252. The molecule has 1 N–H and O–H groups in total. The van der Waals surface area contributed by atoms with Gasteiger partial charge in [-0.15, -0.1) is 0 Å². The molecule has 0 aliphatic carbocycles. The van der Waals surface area contributed by atoms with Gasteiger partial charge in [-0.3, -0.25) is 24.2 Å². The van der Waals surface area contributed by atoms with Crippen LogP contribution in [0.25, 0.3) is 0 Å². The molecule has 2 saturated heterocycles. The van der Waals surface area contributed by atoms with Gasteiger partial charge in [0.05, 0.1) is 12.0 Å². The van der Waals surface area contributed by atoms with Crippen LogP contribution in [0.4, 0.5) is 0 Å². The number of hydrogen-bond acceptors (Lipinski definition) is 8. The Kier molecular flexibility index (Phi) is 6.65. The standard InChI is InChI=1S/C27H23N3O7/c31-22-13-14-27(37-22,30-25(33)21(17-35-30)29-24(32)20-12-7-15-28-16-20)26(34)36-23(18-8-3-1-4-9-18)19-10-5-2-6-11-19/h1-12,15-16,21,23H,13-14,17H2,(H,29,32)/t21-,27?/m0/s1. The molecule has 37 heavy (non-hydrogen) atoms. The lowest BCUT2D eigenvalue weighted by Gasteiger charge is -2.34. The predicted octanol–water partition coefficient (Wildman–Crippen LogP) is 2.32. The van der Waals surface area contributed by atoms with Crippen molar-refractivity contribution in [2.24, 2.45) is 0 Å². The zero-order chi connectivity index (χ0) is 25.8. The van der Waals surface area contributed by atoms with Crippen LogP contribution >= 0.6 is 0 Å². The number of aromatic nitrogens is 1. The average molecular weight is 501 g/mol. The number of ether oxygens (including phenoxy) is 2. The van der Waals surface area contributed by atoms with Crippen LogP contribution in [0.1, 0.15) is 40.4 Å². The summed E-state index contributed by atoms with van der Waals surface area (Å²) in [4.78, 5) is 61.1. The van der Waals surface area contributed by atoms with E-state index in [2.05, 4.69) is 10.3 Å². The Morgan fingerprint density at radius 3 is 2.24 bits per heavy atom. The molecular formula is C27H23N3O7. The number of amides is 2. The van der Waals surface area contributed by atoms with Crippen molar-refractivity contribution in [1.29, 1.82) is 0 Å². The average Bonchev–Trinajstić information content (AvgIpc) is 3.51. The Hall–Kier alpha value is -4.57.